The van der Waals surface area contributed by atoms with Crippen LogP contribution in [0.15, 0.2) is 65.4 Å². The van der Waals surface area contributed by atoms with Crippen molar-refractivity contribution in [3.63, 3.8) is 0 Å². The van der Waals surface area contributed by atoms with Gasteiger partial charge in [-0.1, -0.05) is 0 Å². The minimum Gasteiger partial charge on any atom is -0.460 e. The quantitative estimate of drug-likeness (QED) is 0.212. The molecule has 0 spiro atoms. The summed E-state index contributed by atoms with van der Waals surface area (Å²) >= 11 is 6.09. The smallest absolute Gasteiger partial charge is 0.420 e. The van der Waals surface area contributed by atoms with Crippen LogP contribution < -0.4 is 5.73 Å². The maximum absolute atomic E-state index is 14.0. The monoisotopic (exact) mass is 568 g/mol. The van der Waals surface area contributed by atoms with E-state index in [-0.39, 0.29) is 57.9 Å². The van der Waals surface area contributed by atoms with Crippen molar-refractivity contribution < 1.29 is 27.2 Å². The molecule has 1 aliphatic rings. The molecule has 40 heavy (non-hydrogen) atoms. The van der Waals surface area contributed by atoms with Crippen LogP contribution in [0.3, 0.4) is 0 Å². The van der Waals surface area contributed by atoms with Crippen LogP contribution in [0.1, 0.15) is 40.1 Å². The SMILES string of the molecule is Nc1ccc(/C=C/C(=O)CCc2cc3cc(-c4ccc(C(=O)N5CC[C@H](Cl)C5)cn4)cc(C(F)(F)F)c3o2)cn1. The van der Waals surface area contributed by atoms with Crippen LogP contribution in [0, 0.1) is 0 Å². The number of pyridine rings is 2. The summed E-state index contributed by atoms with van der Waals surface area (Å²) in [7, 11) is 0. The minimum atomic E-state index is -4.68. The zero-order chi connectivity index (χ0) is 28.4. The molecular formula is C29H24ClF3N4O3. The Labute approximate surface area is 232 Å². The van der Waals surface area contributed by atoms with Gasteiger partial charge in [-0.15, -0.1) is 11.6 Å². The standard InChI is InChI=1S/C29H24ClF3N4O3/c30-21-9-10-37(16-21)28(39)18-3-7-25(35-15-18)19-11-20-12-23(40-27(20)24(13-19)29(31,32)33)6-5-22(38)4-1-17-2-8-26(34)36-14-17/h1-4,7-8,11-15,21H,5-6,9-10,16H2,(H2,34,36)/b4-1+/t21-/m0/s1. The number of carbonyl (C=O) groups is 2. The number of fused-ring (bicyclic) bond motifs is 1. The Morgan fingerprint density at radius 3 is 2.60 bits per heavy atom. The van der Waals surface area contributed by atoms with Gasteiger partial charge in [0.2, 0.25) is 0 Å². The van der Waals surface area contributed by atoms with Gasteiger partial charge in [-0.05, 0) is 66.6 Å². The molecule has 1 aliphatic heterocycles. The highest BCUT2D eigenvalue weighted by molar-refractivity contribution is 6.21. The molecule has 1 aromatic carbocycles. The topological polar surface area (TPSA) is 102 Å². The summed E-state index contributed by atoms with van der Waals surface area (Å²) in [6.45, 7) is 0.990. The number of alkyl halides is 4. The van der Waals surface area contributed by atoms with Gasteiger partial charge in [0.1, 0.15) is 17.2 Å². The Hall–Kier alpha value is -4.18. The minimum absolute atomic E-state index is 0.0471. The number of nitrogen functional groups attached to an aromatic ring is 1. The number of carbonyl (C=O) groups excluding carboxylic acids is 2. The maximum Gasteiger partial charge on any atom is 0.420 e. The number of ketones is 1. The number of anilines is 1. The normalized spacial score (nSPS) is 15.8. The predicted molar refractivity (Wildman–Crippen MR) is 146 cm³/mol. The van der Waals surface area contributed by atoms with Crippen LogP contribution in [-0.2, 0) is 17.4 Å². The Morgan fingerprint density at radius 2 is 1.95 bits per heavy atom. The van der Waals surface area contributed by atoms with E-state index in [4.69, 9.17) is 21.8 Å². The first-order valence-corrected chi connectivity index (χ1v) is 13.0. The predicted octanol–water partition coefficient (Wildman–Crippen LogP) is 6.16. The van der Waals surface area contributed by atoms with Crippen molar-refractivity contribution in [1.82, 2.24) is 14.9 Å². The number of hydrogen-bond acceptors (Lipinski definition) is 6. The van der Waals surface area contributed by atoms with Gasteiger partial charge in [0.15, 0.2) is 5.78 Å². The fourth-order valence-electron chi connectivity index (χ4n) is 4.50. The van der Waals surface area contributed by atoms with E-state index in [1.807, 2.05) is 0 Å². The molecule has 11 heteroatoms. The fraction of sp³-hybridized carbons (Fsp3) is 0.241. The van der Waals surface area contributed by atoms with Gasteiger partial charge < -0.3 is 15.1 Å². The second-order valence-corrected chi connectivity index (χ2v) is 10.2. The van der Waals surface area contributed by atoms with Crippen molar-refractivity contribution >= 4 is 46.2 Å². The number of halogens is 4. The van der Waals surface area contributed by atoms with Gasteiger partial charge in [-0.2, -0.15) is 13.2 Å². The molecule has 0 aliphatic carbocycles. The van der Waals surface area contributed by atoms with E-state index in [2.05, 4.69) is 9.97 Å². The number of benzene rings is 1. The lowest BCUT2D eigenvalue weighted by Crippen LogP contribution is -2.28. The third-order valence-corrected chi connectivity index (χ3v) is 6.94. The third kappa shape index (κ3) is 6.17. The number of amides is 1. The highest BCUT2D eigenvalue weighted by Gasteiger charge is 2.35. The molecule has 1 amide bonds. The van der Waals surface area contributed by atoms with Crippen LogP contribution in [0.25, 0.3) is 28.3 Å². The largest absolute Gasteiger partial charge is 0.460 e. The van der Waals surface area contributed by atoms with E-state index >= 15 is 0 Å². The molecule has 0 saturated carbocycles. The lowest BCUT2D eigenvalue weighted by molar-refractivity contribution is -0.136. The van der Waals surface area contributed by atoms with Crippen LogP contribution in [0.4, 0.5) is 19.0 Å². The third-order valence-electron chi connectivity index (χ3n) is 6.59. The zero-order valence-electron chi connectivity index (χ0n) is 21.1. The molecule has 3 aromatic heterocycles. The lowest BCUT2D eigenvalue weighted by atomic mass is 10.0. The van der Waals surface area contributed by atoms with Crippen molar-refractivity contribution in [2.75, 3.05) is 18.8 Å². The first kappa shape index (κ1) is 27.4. The Kier molecular flexibility index (Phi) is 7.62. The Bertz CT molecular complexity index is 1580. The van der Waals surface area contributed by atoms with Crippen LogP contribution >= 0.6 is 11.6 Å². The van der Waals surface area contributed by atoms with Crippen molar-refractivity contribution in [3.8, 4) is 11.3 Å². The molecule has 1 saturated heterocycles. The Balaban J connectivity index is 1.35. The summed E-state index contributed by atoms with van der Waals surface area (Å²) in [5, 5.41) is 0.146. The molecular weight excluding hydrogens is 545 g/mol. The Morgan fingerprint density at radius 1 is 1.12 bits per heavy atom. The van der Waals surface area contributed by atoms with Gasteiger partial charge in [-0.3, -0.25) is 14.6 Å². The molecule has 7 nitrogen and oxygen atoms in total. The molecule has 4 heterocycles. The van der Waals surface area contributed by atoms with Crippen molar-refractivity contribution in [2.24, 2.45) is 0 Å². The van der Waals surface area contributed by atoms with E-state index in [1.165, 1.54) is 30.6 Å². The van der Waals surface area contributed by atoms with Crippen molar-refractivity contribution in [3.05, 3.63) is 83.4 Å². The van der Waals surface area contributed by atoms with Crippen molar-refractivity contribution in [2.45, 2.75) is 30.8 Å². The van der Waals surface area contributed by atoms with Gasteiger partial charge in [0.25, 0.3) is 5.91 Å². The number of nitrogens with zero attached hydrogens (tertiary/aromatic N) is 3. The fourth-order valence-corrected chi connectivity index (χ4v) is 4.76. The highest BCUT2D eigenvalue weighted by atomic mass is 35.5. The summed E-state index contributed by atoms with van der Waals surface area (Å²) in [4.78, 5) is 34.8. The summed E-state index contributed by atoms with van der Waals surface area (Å²) in [5.41, 5.74) is 5.83. The number of furan rings is 1. The number of likely N-dealkylation sites (tertiary alicyclic amines) is 1. The number of aryl methyl sites for hydroxylation is 1. The average molecular weight is 569 g/mol. The number of aromatic nitrogens is 2. The van der Waals surface area contributed by atoms with E-state index in [0.29, 0.717) is 36.5 Å². The van der Waals surface area contributed by atoms with Crippen molar-refractivity contribution in [1.29, 1.82) is 0 Å². The second-order valence-electron chi connectivity index (χ2n) is 9.54. The van der Waals surface area contributed by atoms with Crippen LogP contribution in [0.2, 0.25) is 0 Å². The second kappa shape index (κ2) is 11.1. The zero-order valence-corrected chi connectivity index (χ0v) is 21.9. The number of allylic oxidation sites excluding steroid dienone is 1. The van der Waals surface area contributed by atoms with Crippen LogP contribution in [-0.4, -0.2) is 45.0 Å². The first-order valence-electron chi connectivity index (χ1n) is 12.5. The summed E-state index contributed by atoms with van der Waals surface area (Å²) in [6, 6.07) is 10.4. The van der Waals surface area contributed by atoms with Gasteiger partial charge in [0, 0.05) is 49.3 Å². The molecule has 4 aromatic rings. The van der Waals surface area contributed by atoms with E-state index in [1.54, 1.807) is 35.2 Å². The van der Waals surface area contributed by atoms with E-state index < -0.39 is 11.7 Å². The van der Waals surface area contributed by atoms with Crippen LogP contribution in [0.5, 0.6) is 0 Å². The highest BCUT2D eigenvalue weighted by Crippen LogP contribution is 2.39. The van der Waals surface area contributed by atoms with Gasteiger partial charge in [0.05, 0.1) is 22.2 Å². The molecule has 0 unspecified atom stereocenters. The number of nitrogens with two attached hydrogens (primary N) is 1. The number of hydrogen-bond donors (Lipinski definition) is 1. The molecule has 206 valence electrons. The summed E-state index contributed by atoms with van der Waals surface area (Å²) in [6.07, 6.45) is 2.05. The average Bonchev–Trinajstić information content (AvgIpc) is 3.56. The molecule has 0 radical (unpaired) electrons. The molecule has 0 bridgehead atoms. The molecule has 1 atom stereocenters. The summed E-state index contributed by atoms with van der Waals surface area (Å²) < 4.78 is 47.5. The van der Waals surface area contributed by atoms with E-state index in [0.717, 1.165) is 6.07 Å². The van der Waals surface area contributed by atoms with Gasteiger partial charge in [-0.25, -0.2) is 4.98 Å². The molecule has 2 N–H and O–H groups in total. The summed E-state index contributed by atoms with van der Waals surface area (Å²) in [5.74, 6) is 0.178. The maximum atomic E-state index is 14.0. The number of rotatable bonds is 7. The van der Waals surface area contributed by atoms with Gasteiger partial charge >= 0.3 is 6.18 Å². The molecule has 5 rings (SSSR count). The molecule has 1 fully saturated rings. The lowest BCUT2D eigenvalue weighted by Gasteiger charge is -2.15. The van der Waals surface area contributed by atoms with E-state index in [9.17, 15) is 22.8 Å². The first-order chi connectivity index (χ1) is 19.1.